The molecule has 1 unspecified atom stereocenters. The molecule has 1 aliphatic heterocycles. The number of hydrogen-bond donors (Lipinski definition) is 1. The average molecular weight is 437 g/mol. The highest BCUT2D eigenvalue weighted by Crippen LogP contribution is 2.27. The summed E-state index contributed by atoms with van der Waals surface area (Å²) in [6.07, 6.45) is 3.85. The molecule has 8 heteroatoms. The van der Waals surface area contributed by atoms with Gasteiger partial charge in [0.15, 0.2) is 5.76 Å². The molecule has 160 valence electrons. The van der Waals surface area contributed by atoms with E-state index in [0.29, 0.717) is 46.3 Å². The minimum atomic E-state index is -0.137. The van der Waals surface area contributed by atoms with Crippen LogP contribution in [0.4, 0.5) is 0 Å². The molecule has 1 N–H and O–H groups in total. The predicted octanol–water partition coefficient (Wildman–Crippen LogP) is 4.49. The molecule has 0 aliphatic carbocycles. The Balaban J connectivity index is 1.30. The molecule has 0 saturated carbocycles. The molecule has 0 radical (unpaired) electrons. The van der Waals surface area contributed by atoms with Crippen molar-refractivity contribution < 1.29 is 13.7 Å². The minimum Gasteiger partial charge on any atom is -0.463 e. The Labute approximate surface area is 184 Å². The molecule has 0 spiro atoms. The van der Waals surface area contributed by atoms with Gasteiger partial charge >= 0.3 is 0 Å². The summed E-state index contributed by atoms with van der Waals surface area (Å²) in [5, 5.41) is 9.91. The molecule has 5 rings (SSSR count). The Hall–Kier alpha value is -2.97. The number of carbonyl (C=O) groups excluding carboxylic acids is 1. The third kappa shape index (κ3) is 4.26. The Morgan fingerprint density at radius 1 is 1.35 bits per heavy atom. The van der Waals surface area contributed by atoms with Crippen LogP contribution in [0.1, 0.15) is 33.8 Å². The highest BCUT2D eigenvalue weighted by Gasteiger charge is 2.23. The van der Waals surface area contributed by atoms with E-state index in [4.69, 9.17) is 8.94 Å². The number of pyridine rings is 1. The number of hydrogen-bond acceptors (Lipinski definition) is 7. The third-order valence-corrected chi connectivity index (χ3v) is 6.61. The smallest absolute Gasteiger partial charge is 0.259 e. The molecular formula is C23H24N4O3S. The summed E-state index contributed by atoms with van der Waals surface area (Å²) in [5.74, 6) is 0.881. The first-order valence-electron chi connectivity index (χ1n) is 10.5. The number of nitrogens with zero attached hydrogens (tertiary/aromatic N) is 3. The van der Waals surface area contributed by atoms with Gasteiger partial charge in [-0.2, -0.15) is 0 Å². The van der Waals surface area contributed by atoms with Crippen LogP contribution in [0.25, 0.3) is 22.6 Å². The fourth-order valence-corrected chi connectivity index (χ4v) is 4.99. The molecular weight excluding hydrogens is 412 g/mol. The van der Waals surface area contributed by atoms with Crippen LogP contribution in [0.3, 0.4) is 0 Å². The van der Waals surface area contributed by atoms with Crippen LogP contribution in [0, 0.1) is 12.8 Å². The molecule has 0 bridgehead atoms. The van der Waals surface area contributed by atoms with Crippen molar-refractivity contribution >= 4 is 28.3 Å². The normalized spacial score (nSPS) is 17.3. The van der Waals surface area contributed by atoms with Crippen LogP contribution in [-0.4, -0.2) is 40.6 Å². The number of fused-ring (bicyclic) bond motifs is 1. The van der Waals surface area contributed by atoms with Crippen LogP contribution < -0.4 is 5.32 Å². The van der Waals surface area contributed by atoms with Crippen molar-refractivity contribution in [3.8, 4) is 11.5 Å². The highest BCUT2D eigenvalue weighted by molar-refractivity contribution is 7.09. The minimum absolute atomic E-state index is 0.137. The van der Waals surface area contributed by atoms with Crippen LogP contribution >= 0.6 is 11.3 Å². The summed E-state index contributed by atoms with van der Waals surface area (Å²) in [6, 6.07) is 9.63. The Morgan fingerprint density at radius 2 is 2.29 bits per heavy atom. The molecule has 0 aromatic carbocycles. The van der Waals surface area contributed by atoms with Crippen LogP contribution in [0.2, 0.25) is 0 Å². The number of aromatic nitrogens is 2. The van der Waals surface area contributed by atoms with E-state index in [1.54, 1.807) is 29.7 Å². The van der Waals surface area contributed by atoms with Crippen molar-refractivity contribution in [2.75, 3.05) is 19.6 Å². The fourth-order valence-electron chi connectivity index (χ4n) is 4.24. The van der Waals surface area contributed by atoms with Gasteiger partial charge in [0.1, 0.15) is 5.69 Å². The van der Waals surface area contributed by atoms with Crippen LogP contribution in [0.5, 0.6) is 0 Å². The van der Waals surface area contributed by atoms with E-state index in [1.807, 2.05) is 13.0 Å². The Morgan fingerprint density at radius 3 is 3.10 bits per heavy atom. The summed E-state index contributed by atoms with van der Waals surface area (Å²) in [7, 11) is 0. The summed E-state index contributed by atoms with van der Waals surface area (Å²) in [4.78, 5) is 21.5. The molecule has 31 heavy (non-hydrogen) atoms. The molecule has 1 amide bonds. The van der Waals surface area contributed by atoms with E-state index < -0.39 is 0 Å². The first-order chi connectivity index (χ1) is 15.2. The molecule has 1 aliphatic rings. The molecule has 5 heterocycles. The number of likely N-dealkylation sites (tertiary alicyclic amines) is 1. The number of furan rings is 1. The van der Waals surface area contributed by atoms with E-state index in [-0.39, 0.29) is 5.91 Å². The van der Waals surface area contributed by atoms with E-state index in [9.17, 15) is 4.79 Å². The molecule has 1 saturated heterocycles. The van der Waals surface area contributed by atoms with Crippen molar-refractivity contribution in [2.24, 2.45) is 5.92 Å². The molecule has 1 atom stereocenters. The monoisotopic (exact) mass is 436 g/mol. The Kier molecular flexibility index (Phi) is 5.57. The standard InChI is InChI=1S/C23H24N4O3S/c1-15-21-18(11-19(20-7-3-9-29-20)25-23(21)30-26-15)22(28)24-12-16-5-2-8-27(13-16)14-17-6-4-10-31-17/h3-4,6-7,9-11,16H,2,5,8,12-14H2,1H3,(H,24,28). The molecule has 4 aromatic heterocycles. The van der Waals surface area contributed by atoms with Crippen LogP contribution in [0.15, 0.2) is 50.9 Å². The number of aryl methyl sites for hydroxylation is 1. The van der Waals surface area contributed by atoms with Gasteiger partial charge in [-0.25, -0.2) is 4.98 Å². The lowest BCUT2D eigenvalue weighted by Gasteiger charge is -2.32. The lowest BCUT2D eigenvalue weighted by atomic mass is 9.97. The maximum absolute atomic E-state index is 13.2. The van der Waals surface area contributed by atoms with Gasteiger partial charge in [-0.05, 0) is 61.9 Å². The summed E-state index contributed by atoms with van der Waals surface area (Å²) >= 11 is 1.80. The molecule has 7 nitrogen and oxygen atoms in total. The predicted molar refractivity (Wildman–Crippen MR) is 119 cm³/mol. The quantitative estimate of drug-likeness (QED) is 0.479. The van der Waals surface area contributed by atoms with Gasteiger partial charge in [0.2, 0.25) is 0 Å². The lowest BCUT2D eigenvalue weighted by molar-refractivity contribution is 0.0932. The highest BCUT2D eigenvalue weighted by atomic mass is 32.1. The van der Waals surface area contributed by atoms with Gasteiger partial charge in [0, 0.05) is 24.5 Å². The average Bonchev–Trinajstić information content (AvgIpc) is 3.55. The number of nitrogens with one attached hydrogen (secondary N) is 1. The lowest BCUT2D eigenvalue weighted by Crippen LogP contribution is -2.40. The van der Waals surface area contributed by atoms with Crippen molar-refractivity contribution in [3.63, 3.8) is 0 Å². The van der Waals surface area contributed by atoms with Gasteiger partial charge < -0.3 is 14.3 Å². The number of thiophene rings is 1. The zero-order valence-electron chi connectivity index (χ0n) is 17.3. The van der Waals surface area contributed by atoms with Gasteiger partial charge in [0.05, 0.1) is 22.9 Å². The molecule has 1 fully saturated rings. The first kappa shape index (κ1) is 20.0. The van der Waals surface area contributed by atoms with Crippen LogP contribution in [-0.2, 0) is 6.54 Å². The number of rotatable bonds is 6. The summed E-state index contributed by atoms with van der Waals surface area (Å²) in [6.45, 7) is 5.55. The van der Waals surface area contributed by atoms with E-state index in [2.05, 4.69) is 37.9 Å². The summed E-state index contributed by atoms with van der Waals surface area (Å²) in [5.41, 5.74) is 2.06. The van der Waals surface area contributed by atoms with E-state index in [1.165, 1.54) is 4.88 Å². The topological polar surface area (TPSA) is 84.4 Å². The van der Waals surface area contributed by atoms with Crippen molar-refractivity contribution in [1.29, 1.82) is 0 Å². The SMILES string of the molecule is Cc1noc2nc(-c3ccco3)cc(C(=O)NCC3CCCN(Cc4cccs4)C3)c12. The van der Waals surface area contributed by atoms with E-state index >= 15 is 0 Å². The maximum atomic E-state index is 13.2. The zero-order chi connectivity index (χ0) is 21.2. The number of amides is 1. The van der Waals surface area contributed by atoms with Gasteiger partial charge in [-0.1, -0.05) is 11.2 Å². The second-order valence-electron chi connectivity index (χ2n) is 8.01. The zero-order valence-corrected chi connectivity index (χ0v) is 18.2. The second-order valence-corrected chi connectivity index (χ2v) is 9.05. The summed E-state index contributed by atoms with van der Waals surface area (Å²) < 4.78 is 10.8. The second kappa shape index (κ2) is 8.64. The molecule has 4 aromatic rings. The largest absolute Gasteiger partial charge is 0.463 e. The number of piperidine rings is 1. The number of carbonyl (C=O) groups is 1. The maximum Gasteiger partial charge on any atom is 0.259 e. The van der Waals surface area contributed by atoms with Gasteiger partial charge in [-0.3, -0.25) is 9.69 Å². The van der Waals surface area contributed by atoms with Crippen molar-refractivity contribution in [1.82, 2.24) is 20.4 Å². The van der Waals surface area contributed by atoms with Crippen molar-refractivity contribution in [3.05, 3.63) is 58.1 Å². The Bertz CT molecular complexity index is 1170. The van der Waals surface area contributed by atoms with E-state index in [0.717, 1.165) is 32.5 Å². The van der Waals surface area contributed by atoms with Crippen molar-refractivity contribution in [2.45, 2.75) is 26.3 Å². The third-order valence-electron chi connectivity index (χ3n) is 5.75. The van der Waals surface area contributed by atoms with Gasteiger partial charge in [-0.15, -0.1) is 11.3 Å². The van der Waals surface area contributed by atoms with Gasteiger partial charge in [0.25, 0.3) is 11.6 Å². The fraction of sp³-hybridized carbons (Fsp3) is 0.348. The first-order valence-corrected chi connectivity index (χ1v) is 11.4.